The Hall–Kier alpha value is -1.84. The first-order chi connectivity index (χ1) is 11.1. The summed E-state index contributed by atoms with van der Waals surface area (Å²) in [4.78, 5) is 11.7. The number of carbonyl (C=O) groups excluding carboxylic acids is 1. The second-order valence-electron chi connectivity index (χ2n) is 4.62. The van der Waals surface area contributed by atoms with Crippen LogP contribution < -0.4 is 33.5 Å². The number of aromatic nitrogens is 2. The zero-order chi connectivity index (χ0) is 16.7. The number of nitrogen functional groups attached to an aromatic ring is 1. The molecule has 0 radical (unpaired) electrons. The van der Waals surface area contributed by atoms with E-state index in [1.54, 1.807) is 0 Å². The fourth-order valence-electron chi connectivity index (χ4n) is 1.91. The van der Waals surface area contributed by atoms with E-state index >= 15 is 0 Å². The van der Waals surface area contributed by atoms with Gasteiger partial charge in [-0.25, -0.2) is 4.63 Å². The van der Waals surface area contributed by atoms with Gasteiger partial charge < -0.3 is 33.5 Å². The first-order valence-electron chi connectivity index (χ1n) is 7.10. The van der Waals surface area contributed by atoms with Gasteiger partial charge in [0.1, 0.15) is 5.75 Å². The van der Waals surface area contributed by atoms with Gasteiger partial charge >= 0.3 is 0 Å². The molecule has 132 valence electrons. The number of benzene rings is 1. The average molecular weight is 420 g/mol. The van der Waals surface area contributed by atoms with Crippen molar-refractivity contribution in [3.8, 4) is 5.75 Å². The van der Waals surface area contributed by atoms with Crippen molar-refractivity contribution in [2.75, 3.05) is 25.4 Å². The number of carbonyl (C=O) groups is 1. The summed E-state index contributed by atoms with van der Waals surface area (Å²) in [6.45, 7) is 4.17. The number of nitrogens with one attached hydrogen (secondary N) is 2. The van der Waals surface area contributed by atoms with Crippen LogP contribution in [0.3, 0.4) is 0 Å². The maximum absolute atomic E-state index is 11.7. The molecule has 0 aliphatic carbocycles. The van der Waals surface area contributed by atoms with Crippen molar-refractivity contribution in [1.82, 2.24) is 20.9 Å². The third-order valence-corrected chi connectivity index (χ3v) is 3.45. The van der Waals surface area contributed by atoms with Crippen molar-refractivity contribution in [1.29, 1.82) is 0 Å². The monoisotopic (exact) mass is 418 g/mol. The normalized spacial score (nSPS) is 10.1. The number of nitrogens with zero attached hydrogens (tertiary/aromatic N) is 2. The molecule has 0 fully saturated rings. The molecule has 0 unspecified atom stereocenters. The Morgan fingerprint density at radius 1 is 1.38 bits per heavy atom. The van der Waals surface area contributed by atoms with Gasteiger partial charge in [0.05, 0.1) is 6.61 Å². The molecule has 0 bridgehead atoms. The van der Waals surface area contributed by atoms with Gasteiger partial charge in [-0.3, -0.25) is 4.79 Å². The molecule has 1 aromatic carbocycles. The summed E-state index contributed by atoms with van der Waals surface area (Å²) >= 11 is 3.44. The van der Waals surface area contributed by atoms with Gasteiger partial charge in [0.15, 0.2) is 0 Å². The minimum absolute atomic E-state index is 0. The molecule has 4 N–H and O–H groups in total. The van der Waals surface area contributed by atoms with E-state index < -0.39 is 5.91 Å². The Balaban J connectivity index is 0.00000288. The molecule has 1 heterocycles. The van der Waals surface area contributed by atoms with E-state index in [0.29, 0.717) is 26.2 Å². The number of halogens is 2. The Kier molecular flexibility index (Phi) is 8.51. The summed E-state index contributed by atoms with van der Waals surface area (Å²) < 4.78 is 10.9. The van der Waals surface area contributed by atoms with Crippen LogP contribution >= 0.6 is 15.9 Å². The Bertz CT molecular complexity index is 668. The van der Waals surface area contributed by atoms with Crippen molar-refractivity contribution in [3.05, 3.63) is 33.9 Å². The molecule has 2 aromatic rings. The van der Waals surface area contributed by atoms with Crippen LogP contribution in [0.5, 0.6) is 5.75 Å². The van der Waals surface area contributed by atoms with Gasteiger partial charge in [-0.2, -0.15) is 0 Å². The second kappa shape index (κ2) is 10.1. The third-order valence-electron chi connectivity index (χ3n) is 2.95. The number of amides is 1. The fourth-order valence-corrected chi connectivity index (χ4v) is 2.32. The first-order valence-corrected chi connectivity index (χ1v) is 7.89. The first kappa shape index (κ1) is 20.2. The van der Waals surface area contributed by atoms with Gasteiger partial charge in [0, 0.05) is 29.7 Å². The van der Waals surface area contributed by atoms with E-state index in [4.69, 9.17) is 10.5 Å². The number of hydrogen-bond acceptors (Lipinski definition) is 7. The molecule has 10 heteroatoms. The highest BCUT2D eigenvalue weighted by molar-refractivity contribution is 9.10. The molecule has 8 nitrogen and oxygen atoms in total. The van der Waals surface area contributed by atoms with Crippen molar-refractivity contribution >= 4 is 27.7 Å². The Morgan fingerprint density at radius 2 is 2.17 bits per heavy atom. The molecule has 0 aliphatic heterocycles. The lowest BCUT2D eigenvalue weighted by Crippen LogP contribution is -3.00. The molecule has 0 aliphatic rings. The fraction of sp³-hybridized carbons (Fsp3) is 0.357. The SMILES string of the molecule is CCOc1ccc(Br)cc1CNCCNC(=O)c1nonc1N.[Cl-]. The minimum Gasteiger partial charge on any atom is -1.00 e. The maximum atomic E-state index is 11.7. The van der Waals surface area contributed by atoms with E-state index in [1.165, 1.54) is 0 Å². The van der Waals surface area contributed by atoms with Crippen LogP contribution in [-0.4, -0.2) is 35.9 Å². The molecule has 24 heavy (non-hydrogen) atoms. The van der Waals surface area contributed by atoms with Crippen LogP contribution in [-0.2, 0) is 6.54 Å². The van der Waals surface area contributed by atoms with Crippen molar-refractivity contribution < 1.29 is 26.6 Å². The highest BCUT2D eigenvalue weighted by Gasteiger charge is 2.14. The predicted molar refractivity (Wildman–Crippen MR) is 88.1 cm³/mol. The Labute approximate surface area is 154 Å². The summed E-state index contributed by atoms with van der Waals surface area (Å²) in [6.07, 6.45) is 0. The number of rotatable bonds is 8. The van der Waals surface area contributed by atoms with Crippen molar-refractivity contribution in [2.45, 2.75) is 13.5 Å². The van der Waals surface area contributed by atoms with Gasteiger partial charge in [-0.05, 0) is 35.4 Å². The summed E-state index contributed by atoms with van der Waals surface area (Å²) in [6, 6.07) is 5.86. The van der Waals surface area contributed by atoms with E-state index in [9.17, 15) is 4.79 Å². The van der Waals surface area contributed by atoms with Gasteiger partial charge in [0.2, 0.25) is 11.5 Å². The lowest BCUT2D eigenvalue weighted by Gasteiger charge is -2.12. The quantitative estimate of drug-likeness (QED) is 0.439. The zero-order valence-corrected chi connectivity index (χ0v) is 15.4. The van der Waals surface area contributed by atoms with Crippen LogP contribution in [0, 0.1) is 0 Å². The van der Waals surface area contributed by atoms with Crippen LogP contribution in [0.2, 0.25) is 0 Å². The minimum atomic E-state index is -0.414. The summed E-state index contributed by atoms with van der Waals surface area (Å²) in [5, 5.41) is 12.7. The predicted octanol–water partition coefficient (Wildman–Crippen LogP) is -1.66. The topological polar surface area (TPSA) is 115 Å². The van der Waals surface area contributed by atoms with Crippen LogP contribution in [0.25, 0.3) is 0 Å². The van der Waals surface area contributed by atoms with Crippen molar-refractivity contribution in [3.63, 3.8) is 0 Å². The number of ether oxygens (including phenoxy) is 1. The number of anilines is 1. The smallest absolute Gasteiger partial charge is 0.277 e. The van der Waals surface area contributed by atoms with E-state index in [0.717, 1.165) is 15.8 Å². The van der Waals surface area contributed by atoms with Crippen LogP contribution in [0.4, 0.5) is 5.82 Å². The third kappa shape index (κ3) is 5.66. The van der Waals surface area contributed by atoms with Crippen molar-refractivity contribution in [2.24, 2.45) is 0 Å². The lowest BCUT2D eigenvalue weighted by atomic mass is 10.2. The number of nitrogens with two attached hydrogens (primary N) is 1. The molecule has 2 rings (SSSR count). The van der Waals surface area contributed by atoms with Gasteiger partial charge in [0.25, 0.3) is 5.91 Å². The highest BCUT2D eigenvalue weighted by Crippen LogP contribution is 2.23. The molecular weight excluding hydrogens is 402 g/mol. The van der Waals surface area contributed by atoms with Gasteiger partial charge in [-0.1, -0.05) is 15.9 Å². The van der Waals surface area contributed by atoms with Crippen LogP contribution in [0.15, 0.2) is 27.3 Å². The summed E-state index contributed by atoms with van der Waals surface area (Å²) in [7, 11) is 0. The zero-order valence-electron chi connectivity index (χ0n) is 13.0. The molecule has 0 saturated carbocycles. The average Bonchev–Trinajstić information content (AvgIpc) is 2.95. The largest absolute Gasteiger partial charge is 1.00 e. The number of hydrogen-bond donors (Lipinski definition) is 3. The molecule has 1 amide bonds. The highest BCUT2D eigenvalue weighted by atomic mass is 79.9. The molecule has 0 saturated heterocycles. The standard InChI is InChI=1S/C14H18BrN5O3.ClH/c1-2-22-11-4-3-10(15)7-9(11)8-17-5-6-18-14(21)12-13(16)20-23-19-12;/h3-4,7,17H,2,5-6,8H2,1H3,(H2,16,20)(H,18,21);1H/p-1. The van der Waals surface area contributed by atoms with E-state index in [-0.39, 0.29) is 23.9 Å². The molecule has 0 spiro atoms. The van der Waals surface area contributed by atoms with E-state index in [2.05, 4.69) is 41.5 Å². The van der Waals surface area contributed by atoms with Gasteiger partial charge in [-0.15, -0.1) is 0 Å². The van der Waals surface area contributed by atoms with Crippen LogP contribution in [0.1, 0.15) is 23.0 Å². The molecule has 1 aromatic heterocycles. The second-order valence-corrected chi connectivity index (χ2v) is 5.53. The molecule has 0 atom stereocenters. The Morgan fingerprint density at radius 3 is 2.83 bits per heavy atom. The summed E-state index contributed by atoms with van der Waals surface area (Å²) in [5.74, 6) is 0.405. The maximum Gasteiger partial charge on any atom is 0.277 e. The summed E-state index contributed by atoms with van der Waals surface area (Å²) in [5.41, 5.74) is 6.48. The molecular formula is C14H18BrClN5O3-. The lowest BCUT2D eigenvalue weighted by molar-refractivity contribution is -0.0000141. The van der Waals surface area contributed by atoms with E-state index in [1.807, 2.05) is 25.1 Å².